The van der Waals surface area contributed by atoms with Gasteiger partial charge in [-0.05, 0) is 49.8 Å². The van der Waals surface area contributed by atoms with Crippen LogP contribution in [0.1, 0.15) is 24.6 Å². The minimum atomic E-state index is -4.64. The molecule has 0 radical (unpaired) electrons. The van der Waals surface area contributed by atoms with Crippen LogP contribution in [0.5, 0.6) is 0 Å². The Bertz CT molecular complexity index is 887. The van der Waals surface area contributed by atoms with Crippen molar-refractivity contribution in [2.45, 2.75) is 35.8 Å². The van der Waals surface area contributed by atoms with Gasteiger partial charge in [0.1, 0.15) is 5.03 Å². The van der Waals surface area contributed by atoms with Crippen molar-refractivity contribution in [1.82, 2.24) is 34.9 Å². The maximum absolute atomic E-state index is 12.9. The van der Waals surface area contributed by atoms with Crippen LogP contribution in [0.25, 0.3) is 5.65 Å². The van der Waals surface area contributed by atoms with Crippen molar-refractivity contribution in [2.24, 2.45) is 0 Å². The van der Waals surface area contributed by atoms with Crippen LogP contribution in [0.4, 0.5) is 13.2 Å². The van der Waals surface area contributed by atoms with Gasteiger partial charge in [0.15, 0.2) is 5.65 Å². The largest absolute Gasteiger partial charge is 0.453 e. The number of hydrogen-bond acceptors (Lipinski definition) is 8. The molecule has 1 fully saturated rings. The van der Waals surface area contributed by atoms with E-state index in [2.05, 4.69) is 30.4 Å². The van der Waals surface area contributed by atoms with Crippen LogP contribution in [-0.4, -0.2) is 48.0 Å². The summed E-state index contributed by atoms with van der Waals surface area (Å²) in [5.41, 5.74) is 0.0110. The first-order valence-electron chi connectivity index (χ1n) is 7.51. The normalized spacial score (nSPS) is 16.1. The zero-order valence-corrected chi connectivity index (χ0v) is 13.6. The summed E-state index contributed by atoms with van der Waals surface area (Å²) in [6.45, 7) is 2.57. The smallest absolute Gasteiger partial charge is 0.414 e. The van der Waals surface area contributed by atoms with Crippen LogP contribution in [0.15, 0.2) is 26.8 Å². The summed E-state index contributed by atoms with van der Waals surface area (Å²) >= 11 is 0.990. The first-order valence-corrected chi connectivity index (χ1v) is 8.33. The molecule has 4 rings (SSSR count). The molecule has 12 heteroatoms. The van der Waals surface area contributed by atoms with Crippen molar-refractivity contribution in [3.05, 3.63) is 23.8 Å². The average Bonchev–Trinajstić information content (AvgIpc) is 3.27. The third-order valence-electron chi connectivity index (χ3n) is 3.69. The van der Waals surface area contributed by atoms with E-state index >= 15 is 0 Å². The highest BCUT2D eigenvalue weighted by Gasteiger charge is 2.37. The van der Waals surface area contributed by atoms with E-state index in [-0.39, 0.29) is 15.9 Å². The highest BCUT2D eigenvalue weighted by Crippen LogP contribution is 2.29. The molecule has 0 aliphatic carbocycles. The Labute approximate surface area is 143 Å². The number of aromatic nitrogens is 6. The van der Waals surface area contributed by atoms with Gasteiger partial charge in [-0.25, -0.2) is 0 Å². The molecule has 1 aliphatic rings. The van der Waals surface area contributed by atoms with E-state index in [1.807, 2.05) is 0 Å². The minimum Gasteiger partial charge on any atom is -0.414 e. The number of nitrogens with zero attached hydrogens (tertiary/aromatic N) is 7. The van der Waals surface area contributed by atoms with Crippen molar-refractivity contribution >= 4 is 17.4 Å². The molecular formula is C13H12F3N7OS. The lowest BCUT2D eigenvalue weighted by Gasteiger charge is -2.10. The molecular weight excluding hydrogens is 359 g/mol. The summed E-state index contributed by atoms with van der Waals surface area (Å²) < 4.78 is 44.9. The highest BCUT2D eigenvalue weighted by atomic mass is 32.2. The predicted octanol–water partition coefficient (Wildman–Crippen LogP) is 2.27. The molecule has 1 aliphatic heterocycles. The van der Waals surface area contributed by atoms with E-state index in [9.17, 15) is 13.2 Å². The Balaban J connectivity index is 1.53. The quantitative estimate of drug-likeness (QED) is 0.691. The van der Waals surface area contributed by atoms with Crippen LogP contribution >= 0.6 is 11.8 Å². The molecule has 25 heavy (non-hydrogen) atoms. The average molecular weight is 371 g/mol. The standard InChI is InChI=1S/C13H12F3N7OS/c14-13(15,16)11-19-17-8-3-4-10(21-23(8)11)25-12-20-18-9(24-12)7-22-5-1-2-6-22/h3-4H,1-2,5-7H2. The molecule has 3 aromatic rings. The van der Waals surface area contributed by atoms with Gasteiger partial charge < -0.3 is 4.42 Å². The van der Waals surface area contributed by atoms with Crippen LogP contribution in [0.2, 0.25) is 0 Å². The van der Waals surface area contributed by atoms with Crippen molar-refractivity contribution in [2.75, 3.05) is 13.1 Å². The Morgan fingerprint density at radius 1 is 1.08 bits per heavy atom. The number of likely N-dealkylation sites (tertiary alicyclic amines) is 1. The molecule has 132 valence electrons. The molecule has 1 saturated heterocycles. The molecule has 0 aromatic carbocycles. The SMILES string of the molecule is FC(F)(F)c1nnc2ccc(Sc3nnc(CN4CCCC4)o3)nn12. The Kier molecular flexibility index (Phi) is 4.07. The van der Waals surface area contributed by atoms with Gasteiger partial charge in [0, 0.05) is 0 Å². The summed E-state index contributed by atoms with van der Waals surface area (Å²) in [5, 5.41) is 18.9. The molecule has 0 N–H and O–H groups in total. The van der Waals surface area contributed by atoms with Crippen molar-refractivity contribution in [3.8, 4) is 0 Å². The van der Waals surface area contributed by atoms with Gasteiger partial charge in [-0.3, -0.25) is 4.90 Å². The third-order valence-corrected chi connectivity index (χ3v) is 4.46. The summed E-state index contributed by atoms with van der Waals surface area (Å²) in [6.07, 6.45) is -2.33. The van der Waals surface area contributed by atoms with Gasteiger partial charge in [-0.15, -0.1) is 20.4 Å². The molecule has 3 aromatic heterocycles. The van der Waals surface area contributed by atoms with E-state index in [1.54, 1.807) is 0 Å². The molecule has 0 amide bonds. The van der Waals surface area contributed by atoms with E-state index in [0.717, 1.165) is 37.7 Å². The fourth-order valence-electron chi connectivity index (χ4n) is 2.57. The van der Waals surface area contributed by atoms with E-state index < -0.39 is 12.0 Å². The molecule has 0 unspecified atom stereocenters. The Morgan fingerprint density at radius 3 is 2.64 bits per heavy atom. The molecule has 4 heterocycles. The summed E-state index contributed by atoms with van der Waals surface area (Å²) in [4.78, 5) is 2.21. The van der Waals surface area contributed by atoms with E-state index in [1.165, 1.54) is 12.1 Å². The van der Waals surface area contributed by atoms with Crippen LogP contribution in [0, 0.1) is 0 Å². The molecule has 0 spiro atoms. The number of rotatable bonds is 4. The van der Waals surface area contributed by atoms with Gasteiger partial charge >= 0.3 is 6.18 Å². The topological polar surface area (TPSA) is 85.2 Å². The van der Waals surface area contributed by atoms with Crippen LogP contribution in [-0.2, 0) is 12.7 Å². The highest BCUT2D eigenvalue weighted by molar-refractivity contribution is 7.99. The van der Waals surface area contributed by atoms with E-state index in [0.29, 0.717) is 17.0 Å². The molecule has 8 nitrogen and oxygen atoms in total. The fraction of sp³-hybridized carbons (Fsp3) is 0.462. The van der Waals surface area contributed by atoms with Crippen molar-refractivity contribution in [1.29, 1.82) is 0 Å². The molecule has 0 bridgehead atoms. The Hall–Kier alpha value is -2.21. The second-order valence-corrected chi connectivity index (χ2v) is 6.48. The Morgan fingerprint density at radius 2 is 1.88 bits per heavy atom. The minimum absolute atomic E-state index is 0.0110. The van der Waals surface area contributed by atoms with Crippen molar-refractivity contribution in [3.63, 3.8) is 0 Å². The maximum Gasteiger partial charge on any atom is 0.453 e. The lowest BCUT2D eigenvalue weighted by atomic mass is 10.4. The van der Waals surface area contributed by atoms with Gasteiger partial charge in [0.05, 0.1) is 6.54 Å². The second kappa shape index (κ2) is 6.26. The maximum atomic E-state index is 12.9. The lowest BCUT2D eigenvalue weighted by Crippen LogP contribution is -2.18. The summed E-state index contributed by atoms with van der Waals surface area (Å²) in [7, 11) is 0. The number of alkyl halides is 3. The van der Waals surface area contributed by atoms with Crippen LogP contribution in [0.3, 0.4) is 0 Å². The summed E-state index contributed by atoms with van der Waals surface area (Å²) in [6, 6.07) is 2.93. The number of hydrogen-bond donors (Lipinski definition) is 0. The second-order valence-electron chi connectivity index (χ2n) is 5.51. The van der Waals surface area contributed by atoms with Crippen LogP contribution < -0.4 is 0 Å². The van der Waals surface area contributed by atoms with E-state index in [4.69, 9.17) is 4.42 Å². The van der Waals surface area contributed by atoms with Gasteiger partial charge in [-0.1, -0.05) is 0 Å². The predicted molar refractivity (Wildman–Crippen MR) is 78.7 cm³/mol. The first kappa shape index (κ1) is 16.3. The molecule has 0 atom stereocenters. The lowest BCUT2D eigenvalue weighted by molar-refractivity contribution is -0.146. The fourth-order valence-corrected chi connectivity index (χ4v) is 3.23. The zero-order valence-electron chi connectivity index (χ0n) is 12.8. The number of fused-ring (bicyclic) bond motifs is 1. The third kappa shape index (κ3) is 3.44. The number of halogens is 3. The molecule has 0 saturated carbocycles. The zero-order chi connectivity index (χ0) is 17.4. The van der Waals surface area contributed by atoms with Crippen molar-refractivity contribution < 1.29 is 17.6 Å². The van der Waals surface area contributed by atoms with Gasteiger partial charge in [0.25, 0.3) is 11.0 Å². The van der Waals surface area contributed by atoms with Gasteiger partial charge in [-0.2, -0.15) is 22.8 Å². The first-order chi connectivity index (χ1) is 12.0. The summed E-state index contributed by atoms with van der Waals surface area (Å²) in [5.74, 6) is -0.698. The van der Waals surface area contributed by atoms with Gasteiger partial charge in [0.2, 0.25) is 5.89 Å². The monoisotopic (exact) mass is 371 g/mol.